The number of hydrogen-bond donors (Lipinski definition) is 1. The van der Waals surface area contributed by atoms with Gasteiger partial charge in [0.15, 0.2) is 0 Å². The molecule has 0 aromatic carbocycles. The van der Waals surface area contributed by atoms with Gasteiger partial charge in [-0.25, -0.2) is 0 Å². The zero-order chi connectivity index (χ0) is 7.98. The van der Waals surface area contributed by atoms with E-state index in [1.54, 1.807) is 7.11 Å². The highest BCUT2D eigenvalue weighted by atomic mass is 16.5. The summed E-state index contributed by atoms with van der Waals surface area (Å²) >= 11 is 0. The summed E-state index contributed by atoms with van der Waals surface area (Å²) in [6, 6.07) is -0.398. The Kier molecular flexibility index (Phi) is 4.43. The van der Waals surface area contributed by atoms with Gasteiger partial charge in [0.1, 0.15) is 11.8 Å². The Hall–Kier alpha value is -0.940. The molecular weight excluding hydrogens is 126 g/mol. The first-order valence-corrected chi connectivity index (χ1v) is 3.22. The molecule has 0 bridgehead atoms. The molecule has 0 saturated carbocycles. The van der Waals surface area contributed by atoms with Gasteiger partial charge in [-0.2, -0.15) is 0 Å². The summed E-state index contributed by atoms with van der Waals surface area (Å²) in [6.45, 7) is 2.00. The van der Waals surface area contributed by atoms with Gasteiger partial charge >= 0.3 is 0 Å². The Morgan fingerprint density at radius 3 is 2.80 bits per heavy atom. The molecule has 0 saturated heterocycles. The maximum atomic E-state index is 5.48. The highest BCUT2D eigenvalue weighted by Gasteiger charge is 2.02. The monoisotopic (exact) mass is 139 g/mol. The van der Waals surface area contributed by atoms with Gasteiger partial charge < -0.3 is 10.5 Å². The maximum Gasteiger partial charge on any atom is 0.124 e. The Balaban J connectivity index is 4.09. The van der Waals surface area contributed by atoms with Gasteiger partial charge in [-0.1, -0.05) is 12.8 Å². The minimum absolute atomic E-state index is 0.398. The molecule has 0 aliphatic rings. The molecule has 0 fully saturated rings. The Morgan fingerprint density at radius 1 is 1.90 bits per heavy atom. The van der Waals surface area contributed by atoms with Crippen LogP contribution in [0.5, 0.6) is 0 Å². The van der Waals surface area contributed by atoms with Gasteiger partial charge in [-0.05, 0) is 12.5 Å². The minimum atomic E-state index is -0.398. The molecule has 0 spiro atoms. The fraction of sp³-hybridized carbons (Fsp3) is 0.500. The van der Waals surface area contributed by atoms with Crippen molar-refractivity contribution in [3.8, 4) is 12.3 Å². The zero-order valence-corrected chi connectivity index (χ0v) is 6.42. The number of hydrogen-bond acceptors (Lipinski definition) is 2. The van der Waals surface area contributed by atoms with Crippen molar-refractivity contribution >= 4 is 0 Å². The van der Waals surface area contributed by atoms with E-state index in [0.29, 0.717) is 5.76 Å². The van der Waals surface area contributed by atoms with Gasteiger partial charge in [0.2, 0.25) is 0 Å². The smallest absolute Gasteiger partial charge is 0.124 e. The van der Waals surface area contributed by atoms with E-state index in [-0.39, 0.29) is 0 Å². The third kappa shape index (κ3) is 2.56. The Bertz CT molecular complexity index is 155. The number of rotatable bonds is 3. The van der Waals surface area contributed by atoms with Crippen molar-refractivity contribution in [1.29, 1.82) is 0 Å². The Morgan fingerprint density at radius 2 is 2.50 bits per heavy atom. The molecule has 2 heteroatoms. The van der Waals surface area contributed by atoms with Crippen molar-refractivity contribution in [1.82, 2.24) is 0 Å². The fourth-order valence-electron chi connectivity index (χ4n) is 0.621. The maximum absolute atomic E-state index is 5.48. The molecule has 0 aliphatic carbocycles. The molecule has 0 aromatic rings. The van der Waals surface area contributed by atoms with Crippen LogP contribution in [-0.2, 0) is 4.74 Å². The van der Waals surface area contributed by atoms with Crippen LogP contribution >= 0.6 is 0 Å². The van der Waals surface area contributed by atoms with E-state index in [1.165, 1.54) is 0 Å². The van der Waals surface area contributed by atoms with Crippen LogP contribution in [0.15, 0.2) is 11.8 Å². The van der Waals surface area contributed by atoms with Gasteiger partial charge in [0.05, 0.1) is 7.11 Å². The second kappa shape index (κ2) is 4.89. The van der Waals surface area contributed by atoms with E-state index >= 15 is 0 Å². The van der Waals surface area contributed by atoms with Crippen molar-refractivity contribution in [2.24, 2.45) is 5.73 Å². The molecule has 0 amide bonds. The second-order valence-corrected chi connectivity index (χ2v) is 1.86. The number of ether oxygens (including phenoxy) is 1. The molecule has 2 nitrogen and oxygen atoms in total. The van der Waals surface area contributed by atoms with Crippen LogP contribution in [0, 0.1) is 12.3 Å². The van der Waals surface area contributed by atoms with E-state index in [1.807, 2.05) is 13.0 Å². The first kappa shape index (κ1) is 9.06. The number of terminal acetylenes is 1. The van der Waals surface area contributed by atoms with Gasteiger partial charge in [0.25, 0.3) is 0 Å². The standard InChI is InChI=1S/C8H13NO/c1-4-6-8(10-3)7(9)5-2/h2,6-7H,4,9H2,1,3H3/t7-/m0/s1. The SMILES string of the molecule is C#C[C@H](N)C(=CCC)OC. The topological polar surface area (TPSA) is 35.2 Å². The average Bonchev–Trinajstić information content (AvgIpc) is 1.99. The quantitative estimate of drug-likeness (QED) is 0.465. The summed E-state index contributed by atoms with van der Waals surface area (Å²) in [4.78, 5) is 0. The van der Waals surface area contributed by atoms with Crippen LogP contribution in [-0.4, -0.2) is 13.2 Å². The predicted molar refractivity (Wildman–Crippen MR) is 42.2 cm³/mol. The first-order chi connectivity index (χ1) is 4.76. The predicted octanol–water partition coefficient (Wildman–Crippen LogP) is 0.887. The fourth-order valence-corrected chi connectivity index (χ4v) is 0.621. The van der Waals surface area contributed by atoms with Gasteiger partial charge in [0, 0.05) is 0 Å². The van der Waals surface area contributed by atoms with Crippen molar-refractivity contribution < 1.29 is 4.74 Å². The van der Waals surface area contributed by atoms with Crippen molar-refractivity contribution in [2.75, 3.05) is 7.11 Å². The van der Waals surface area contributed by atoms with Crippen molar-refractivity contribution in [3.05, 3.63) is 11.8 Å². The lowest BCUT2D eigenvalue weighted by molar-refractivity contribution is 0.275. The van der Waals surface area contributed by atoms with Crippen LogP contribution in [0.2, 0.25) is 0 Å². The summed E-state index contributed by atoms with van der Waals surface area (Å²) in [5, 5.41) is 0. The highest BCUT2D eigenvalue weighted by molar-refractivity contribution is 5.15. The number of nitrogens with two attached hydrogens (primary N) is 1. The molecule has 56 valence electrons. The minimum Gasteiger partial charge on any atom is -0.499 e. The van der Waals surface area contributed by atoms with Crippen LogP contribution in [0.4, 0.5) is 0 Å². The highest BCUT2D eigenvalue weighted by Crippen LogP contribution is 2.00. The lowest BCUT2D eigenvalue weighted by atomic mass is 10.2. The normalized spacial score (nSPS) is 14.0. The molecule has 2 N–H and O–H groups in total. The van der Waals surface area contributed by atoms with E-state index in [0.717, 1.165) is 6.42 Å². The third-order valence-corrected chi connectivity index (χ3v) is 1.13. The van der Waals surface area contributed by atoms with E-state index in [9.17, 15) is 0 Å². The summed E-state index contributed by atoms with van der Waals surface area (Å²) < 4.78 is 4.94. The number of allylic oxidation sites excluding steroid dienone is 1. The largest absolute Gasteiger partial charge is 0.499 e. The molecule has 0 aliphatic heterocycles. The molecular formula is C8H13NO. The van der Waals surface area contributed by atoms with Gasteiger partial charge in [-0.3, -0.25) is 0 Å². The van der Waals surface area contributed by atoms with Crippen LogP contribution in [0.3, 0.4) is 0 Å². The van der Waals surface area contributed by atoms with Crippen LogP contribution in [0.1, 0.15) is 13.3 Å². The summed E-state index contributed by atoms with van der Waals surface area (Å²) in [7, 11) is 1.57. The molecule has 0 aromatic heterocycles. The molecule has 0 unspecified atom stereocenters. The first-order valence-electron chi connectivity index (χ1n) is 3.22. The molecule has 0 radical (unpaired) electrons. The zero-order valence-electron chi connectivity index (χ0n) is 6.42. The number of methoxy groups -OCH3 is 1. The van der Waals surface area contributed by atoms with Crippen molar-refractivity contribution in [3.63, 3.8) is 0 Å². The van der Waals surface area contributed by atoms with E-state index < -0.39 is 6.04 Å². The lowest BCUT2D eigenvalue weighted by Crippen LogP contribution is -2.21. The molecule has 0 rings (SSSR count). The van der Waals surface area contributed by atoms with Crippen LogP contribution < -0.4 is 5.73 Å². The molecule has 1 atom stereocenters. The second-order valence-electron chi connectivity index (χ2n) is 1.86. The van der Waals surface area contributed by atoms with E-state index in [2.05, 4.69) is 5.92 Å². The summed E-state index contributed by atoms with van der Waals surface area (Å²) in [5.74, 6) is 3.06. The summed E-state index contributed by atoms with van der Waals surface area (Å²) in [6.07, 6.45) is 7.85. The average molecular weight is 139 g/mol. The van der Waals surface area contributed by atoms with Crippen molar-refractivity contribution in [2.45, 2.75) is 19.4 Å². The van der Waals surface area contributed by atoms with Crippen LogP contribution in [0.25, 0.3) is 0 Å². The van der Waals surface area contributed by atoms with Gasteiger partial charge in [-0.15, -0.1) is 6.42 Å². The molecule has 10 heavy (non-hydrogen) atoms. The Labute approximate surface area is 62.1 Å². The van der Waals surface area contributed by atoms with E-state index in [4.69, 9.17) is 16.9 Å². The lowest BCUT2D eigenvalue weighted by Gasteiger charge is -2.07. The third-order valence-electron chi connectivity index (χ3n) is 1.13. The summed E-state index contributed by atoms with van der Waals surface area (Å²) in [5.41, 5.74) is 5.48. The molecule has 0 heterocycles.